The first kappa shape index (κ1) is 15.7. The van der Waals surface area contributed by atoms with E-state index in [0.717, 1.165) is 30.8 Å². The summed E-state index contributed by atoms with van der Waals surface area (Å²) in [4.78, 5) is 2.22. The molecule has 1 N–H and O–H groups in total. The molecule has 0 unspecified atom stereocenters. The molecule has 0 radical (unpaired) electrons. The Labute approximate surface area is 123 Å². The standard InChI is InChI=1S/C16H31NOS/c1-16(2)14-5-4-13(15(16)12-14)6-10-19-11-8-17(3)7-9-18/h13-15,18H,4-12H2,1-3H3/t13-,14-,15+/m0/s1. The molecule has 112 valence electrons. The van der Waals surface area contributed by atoms with Gasteiger partial charge in [0.05, 0.1) is 6.61 Å². The van der Waals surface area contributed by atoms with Crippen LogP contribution in [-0.4, -0.2) is 48.3 Å². The van der Waals surface area contributed by atoms with Gasteiger partial charge in [0.25, 0.3) is 0 Å². The van der Waals surface area contributed by atoms with Gasteiger partial charge >= 0.3 is 0 Å². The smallest absolute Gasteiger partial charge is 0.0558 e. The van der Waals surface area contributed by atoms with E-state index in [2.05, 4.69) is 37.6 Å². The van der Waals surface area contributed by atoms with Gasteiger partial charge in [-0.2, -0.15) is 11.8 Å². The lowest BCUT2D eigenvalue weighted by Crippen LogP contribution is -2.52. The van der Waals surface area contributed by atoms with Crippen LogP contribution in [0, 0.1) is 23.2 Å². The molecule has 0 heterocycles. The number of hydrogen-bond donors (Lipinski definition) is 1. The molecule has 3 aliphatic carbocycles. The zero-order chi connectivity index (χ0) is 13.9. The largest absolute Gasteiger partial charge is 0.395 e. The van der Waals surface area contributed by atoms with Crippen LogP contribution >= 0.6 is 11.8 Å². The Kier molecular flexibility index (Phi) is 5.62. The molecule has 3 saturated carbocycles. The zero-order valence-electron chi connectivity index (χ0n) is 12.9. The first-order valence-corrected chi connectivity index (χ1v) is 9.08. The summed E-state index contributed by atoms with van der Waals surface area (Å²) in [5.41, 5.74) is 0.648. The quantitative estimate of drug-likeness (QED) is 0.693. The maximum absolute atomic E-state index is 8.84. The van der Waals surface area contributed by atoms with Crippen molar-refractivity contribution in [3.63, 3.8) is 0 Å². The maximum Gasteiger partial charge on any atom is 0.0558 e. The van der Waals surface area contributed by atoms with Crippen molar-refractivity contribution in [3.05, 3.63) is 0 Å². The Balaban J connectivity index is 1.56. The molecular weight excluding hydrogens is 254 g/mol. The average Bonchev–Trinajstić information content (AvgIpc) is 2.38. The Morgan fingerprint density at radius 1 is 1.21 bits per heavy atom. The molecule has 0 aliphatic heterocycles. The van der Waals surface area contributed by atoms with Crippen molar-refractivity contribution < 1.29 is 5.11 Å². The van der Waals surface area contributed by atoms with Gasteiger partial charge in [0, 0.05) is 18.8 Å². The molecule has 3 heteroatoms. The van der Waals surface area contributed by atoms with Crippen LogP contribution in [0.2, 0.25) is 0 Å². The first-order chi connectivity index (χ1) is 9.05. The molecule has 2 nitrogen and oxygen atoms in total. The van der Waals surface area contributed by atoms with Crippen molar-refractivity contribution in [2.24, 2.45) is 23.2 Å². The molecule has 3 aliphatic rings. The lowest BCUT2D eigenvalue weighted by atomic mass is 9.45. The molecule has 0 aromatic carbocycles. The molecular formula is C16H31NOS. The fourth-order valence-electron chi connectivity index (χ4n) is 4.15. The zero-order valence-corrected chi connectivity index (χ0v) is 13.7. The van der Waals surface area contributed by atoms with Crippen LogP contribution in [0.15, 0.2) is 0 Å². The molecule has 3 atom stereocenters. The Morgan fingerprint density at radius 2 is 2.00 bits per heavy atom. The van der Waals surface area contributed by atoms with Crippen LogP contribution in [0.1, 0.15) is 39.5 Å². The average molecular weight is 285 g/mol. The Morgan fingerprint density at radius 3 is 2.63 bits per heavy atom. The van der Waals surface area contributed by atoms with E-state index in [-0.39, 0.29) is 6.61 Å². The van der Waals surface area contributed by atoms with E-state index in [0.29, 0.717) is 5.41 Å². The van der Waals surface area contributed by atoms with Crippen LogP contribution < -0.4 is 0 Å². The summed E-state index contributed by atoms with van der Waals surface area (Å²) in [6.07, 6.45) is 5.92. The van der Waals surface area contributed by atoms with Gasteiger partial charge in [0.1, 0.15) is 0 Å². The fourth-order valence-corrected chi connectivity index (χ4v) is 5.26. The minimum absolute atomic E-state index is 0.279. The minimum atomic E-state index is 0.279. The number of aliphatic hydroxyl groups is 1. The number of fused-ring (bicyclic) bond motifs is 2. The van der Waals surface area contributed by atoms with Gasteiger partial charge in [-0.3, -0.25) is 0 Å². The molecule has 0 saturated heterocycles. The summed E-state index contributed by atoms with van der Waals surface area (Å²) < 4.78 is 0. The van der Waals surface area contributed by atoms with Crippen LogP contribution in [0.3, 0.4) is 0 Å². The normalized spacial score (nSPS) is 32.4. The molecule has 3 rings (SSSR count). The summed E-state index contributed by atoms with van der Waals surface area (Å²) in [6.45, 7) is 7.18. The van der Waals surface area contributed by atoms with Crippen molar-refractivity contribution in [2.45, 2.75) is 39.5 Å². The van der Waals surface area contributed by atoms with E-state index in [1.54, 1.807) is 0 Å². The van der Waals surface area contributed by atoms with Crippen LogP contribution in [0.4, 0.5) is 0 Å². The van der Waals surface area contributed by atoms with Crippen molar-refractivity contribution in [1.29, 1.82) is 0 Å². The first-order valence-electron chi connectivity index (χ1n) is 7.93. The van der Waals surface area contributed by atoms with Gasteiger partial charge in [-0.1, -0.05) is 13.8 Å². The van der Waals surface area contributed by atoms with Crippen molar-refractivity contribution in [1.82, 2.24) is 4.90 Å². The second-order valence-electron chi connectivity index (χ2n) is 7.13. The molecule has 0 aromatic heterocycles. The van der Waals surface area contributed by atoms with Gasteiger partial charge < -0.3 is 10.0 Å². The third kappa shape index (κ3) is 3.68. The van der Waals surface area contributed by atoms with Gasteiger partial charge in [-0.25, -0.2) is 0 Å². The van der Waals surface area contributed by atoms with E-state index in [1.165, 1.54) is 37.2 Å². The summed E-state index contributed by atoms with van der Waals surface area (Å²) in [6, 6.07) is 0. The van der Waals surface area contributed by atoms with Crippen molar-refractivity contribution in [3.8, 4) is 0 Å². The number of rotatable bonds is 8. The predicted octanol–water partition coefficient (Wildman–Crippen LogP) is 3.11. The highest BCUT2D eigenvalue weighted by Gasteiger charge is 2.53. The van der Waals surface area contributed by atoms with Crippen LogP contribution in [0.5, 0.6) is 0 Å². The van der Waals surface area contributed by atoms with Gasteiger partial charge in [-0.15, -0.1) is 0 Å². The topological polar surface area (TPSA) is 23.5 Å². The van der Waals surface area contributed by atoms with Crippen LogP contribution in [0.25, 0.3) is 0 Å². The second kappa shape index (κ2) is 6.82. The summed E-state index contributed by atoms with van der Waals surface area (Å²) in [5, 5.41) is 8.84. The van der Waals surface area contributed by atoms with E-state index >= 15 is 0 Å². The lowest BCUT2D eigenvalue weighted by Gasteiger charge is -2.60. The molecule has 0 amide bonds. The van der Waals surface area contributed by atoms with Gasteiger partial charge in [0.2, 0.25) is 0 Å². The van der Waals surface area contributed by atoms with Crippen molar-refractivity contribution >= 4 is 11.8 Å². The molecule has 3 fully saturated rings. The van der Waals surface area contributed by atoms with E-state index in [4.69, 9.17) is 5.11 Å². The number of thioether (sulfide) groups is 1. The molecule has 0 spiro atoms. The van der Waals surface area contributed by atoms with Crippen LogP contribution in [-0.2, 0) is 0 Å². The molecule has 19 heavy (non-hydrogen) atoms. The number of hydrogen-bond acceptors (Lipinski definition) is 3. The van der Waals surface area contributed by atoms with E-state index in [1.807, 2.05) is 0 Å². The van der Waals surface area contributed by atoms with Crippen molar-refractivity contribution in [2.75, 3.05) is 38.2 Å². The monoisotopic (exact) mass is 285 g/mol. The second-order valence-corrected chi connectivity index (χ2v) is 8.35. The summed E-state index contributed by atoms with van der Waals surface area (Å²) in [5.74, 6) is 5.59. The maximum atomic E-state index is 8.84. The highest BCUT2D eigenvalue weighted by Crippen LogP contribution is 2.62. The van der Waals surface area contributed by atoms with Gasteiger partial charge in [0.15, 0.2) is 0 Å². The number of aliphatic hydroxyl groups excluding tert-OH is 1. The Bertz CT molecular complexity index is 280. The minimum Gasteiger partial charge on any atom is -0.395 e. The number of likely N-dealkylation sites (N-methyl/N-ethyl adjacent to an activating group) is 1. The third-order valence-corrected chi connectivity index (χ3v) is 6.73. The SMILES string of the molecule is CN(CCO)CCSCC[C@@H]1CC[C@H]2C[C@H]1C2(C)C. The van der Waals surface area contributed by atoms with E-state index in [9.17, 15) is 0 Å². The fraction of sp³-hybridized carbons (Fsp3) is 1.00. The molecule has 2 bridgehead atoms. The highest BCUT2D eigenvalue weighted by atomic mass is 32.2. The molecule has 0 aromatic rings. The Hall–Kier alpha value is 0.270. The highest BCUT2D eigenvalue weighted by molar-refractivity contribution is 7.99. The third-order valence-electron chi connectivity index (χ3n) is 5.73. The van der Waals surface area contributed by atoms with E-state index < -0.39 is 0 Å². The summed E-state index contributed by atoms with van der Waals surface area (Å²) >= 11 is 2.10. The number of nitrogens with zero attached hydrogens (tertiary/aromatic N) is 1. The van der Waals surface area contributed by atoms with Gasteiger partial charge in [-0.05, 0) is 61.7 Å². The predicted molar refractivity (Wildman–Crippen MR) is 84.6 cm³/mol. The lowest BCUT2D eigenvalue weighted by molar-refractivity contribution is -0.105. The summed E-state index contributed by atoms with van der Waals surface area (Å²) in [7, 11) is 2.09.